The fraction of sp³-hybridized carbons (Fsp3) is 0.491. The molecule has 0 aliphatic carbocycles. The molecule has 19 N–H and O–H groups in total. The van der Waals surface area contributed by atoms with Crippen LogP contribution in [0.3, 0.4) is 0 Å². The Morgan fingerprint density at radius 1 is 0.800 bits per heavy atom. The highest BCUT2D eigenvalue weighted by Crippen LogP contribution is 2.27. The number of unbranched alkanes of at least 4 members (excludes halogenated alkanes) is 1. The molecule has 6 rings (SSSR count). The van der Waals surface area contributed by atoms with Gasteiger partial charge in [-0.25, -0.2) is 4.79 Å². The number of aromatic hydroxyl groups is 1. The van der Waals surface area contributed by atoms with Crippen LogP contribution in [0.5, 0.6) is 5.75 Å². The first-order valence-electron chi connectivity index (χ1n) is 27.3. The van der Waals surface area contributed by atoms with Crippen LogP contribution in [0.4, 0.5) is 0 Å². The zero-order chi connectivity index (χ0) is 62.1. The van der Waals surface area contributed by atoms with Crippen molar-refractivity contribution in [2.45, 2.75) is 137 Å². The summed E-state index contributed by atoms with van der Waals surface area (Å²) in [6, 6.07) is 7.17. The third-order valence-electron chi connectivity index (χ3n) is 14.2. The molecule has 0 saturated carbocycles. The van der Waals surface area contributed by atoms with Crippen molar-refractivity contribution in [1.29, 1.82) is 0 Å². The number of para-hydroxylation sites is 1. The van der Waals surface area contributed by atoms with Crippen molar-refractivity contribution in [3.63, 3.8) is 0 Å². The number of hydrogen-bond acceptors (Lipinski definition) is 20. The number of rotatable bonds is 20. The average Bonchev–Trinajstić information content (AvgIpc) is 3.93. The maximum Gasteiger partial charge on any atom is 0.328 e. The van der Waals surface area contributed by atoms with Gasteiger partial charge in [-0.15, -0.1) is 0 Å². The number of aromatic nitrogens is 1. The highest BCUT2D eigenvalue weighted by atomic mass is 127. The van der Waals surface area contributed by atoms with E-state index in [2.05, 4.69) is 47.5 Å². The van der Waals surface area contributed by atoms with Crippen LogP contribution in [0.2, 0.25) is 0 Å². The molecular weight excluding hydrogens is 1260 g/mol. The first-order chi connectivity index (χ1) is 40.4. The number of aliphatic carboxylic acids is 1. The lowest BCUT2D eigenvalue weighted by Crippen LogP contribution is -2.66. The molecule has 14 atom stereocenters. The first-order valence-corrected chi connectivity index (χ1v) is 30.8. The largest absolute Gasteiger partial charge is 0.507 e. The van der Waals surface area contributed by atoms with Crippen LogP contribution >= 0.6 is 44.2 Å². The third kappa shape index (κ3) is 19.2. The van der Waals surface area contributed by atoms with Crippen molar-refractivity contribution in [2.24, 2.45) is 5.73 Å². The van der Waals surface area contributed by atoms with E-state index in [-0.39, 0.29) is 44.4 Å². The summed E-state index contributed by atoms with van der Waals surface area (Å²) in [5, 5.41) is 106. The van der Waals surface area contributed by atoms with Crippen molar-refractivity contribution in [3.05, 3.63) is 99.3 Å². The Hall–Kier alpha value is -6.17. The predicted octanol–water partition coefficient (Wildman–Crippen LogP) is -2.97. The van der Waals surface area contributed by atoms with Gasteiger partial charge in [0.05, 0.1) is 35.0 Å². The second-order valence-electron chi connectivity index (χ2n) is 20.8. The Morgan fingerprint density at radius 3 is 2.12 bits per heavy atom. The van der Waals surface area contributed by atoms with Crippen molar-refractivity contribution in [2.75, 3.05) is 31.2 Å². The molecule has 3 heterocycles. The van der Waals surface area contributed by atoms with E-state index in [4.69, 9.17) is 10.5 Å². The number of carbonyl (C=O) groups excluding carboxylic acids is 7. The van der Waals surface area contributed by atoms with Gasteiger partial charge in [0.15, 0.2) is 6.04 Å². The van der Waals surface area contributed by atoms with Crippen LogP contribution in [0.25, 0.3) is 10.9 Å². The van der Waals surface area contributed by atoms with E-state index in [0.29, 0.717) is 37.6 Å². The number of hydrogen-bond donors (Lipinski definition) is 18. The fourth-order valence-corrected chi connectivity index (χ4v) is 12.2. The molecule has 85 heavy (non-hydrogen) atoms. The van der Waals surface area contributed by atoms with E-state index in [1.54, 1.807) is 66.9 Å². The highest BCUT2D eigenvalue weighted by molar-refractivity contribution is 14.1. The molecule has 27 nitrogen and oxygen atoms in total. The van der Waals surface area contributed by atoms with Gasteiger partial charge in [0, 0.05) is 41.4 Å². The maximum absolute atomic E-state index is 15.1. The van der Waals surface area contributed by atoms with Gasteiger partial charge in [-0.3, -0.25) is 33.6 Å². The van der Waals surface area contributed by atoms with E-state index in [9.17, 15) is 69.6 Å². The molecule has 2 aliphatic heterocycles. The smallest absolute Gasteiger partial charge is 0.328 e. The van der Waals surface area contributed by atoms with Gasteiger partial charge in [-0.1, -0.05) is 76.2 Å². The van der Waals surface area contributed by atoms with Gasteiger partial charge in [-0.2, -0.15) is 0 Å². The molecule has 1 aromatic heterocycles. The molecule has 0 spiro atoms. The van der Waals surface area contributed by atoms with Crippen LogP contribution in [0.15, 0.2) is 79.0 Å². The first kappa shape index (κ1) is 67.9. The second kappa shape index (κ2) is 32.0. The Bertz CT molecular complexity index is 2970. The number of aliphatic hydroxyl groups is 6. The van der Waals surface area contributed by atoms with Gasteiger partial charge in [0.1, 0.15) is 60.3 Å². The number of benzene rings is 3. The minimum atomic E-state index is -2.53. The van der Waals surface area contributed by atoms with Crippen molar-refractivity contribution < 1.29 is 83.9 Å². The average molecular weight is 1340 g/mol. The Balaban J connectivity index is 1.44. The summed E-state index contributed by atoms with van der Waals surface area (Å²) in [5.41, 5.74) is 8.04. The van der Waals surface area contributed by atoms with E-state index >= 15 is 9.59 Å². The molecule has 30 heteroatoms. The van der Waals surface area contributed by atoms with Gasteiger partial charge >= 0.3 is 5.97 Å². The molecule has 0 bridgehead atoms. The Kier molecular flexibility index (Phi) is 25.6. The lowest BCUT2D eigenvalue weighted by molar-refractivity contribution is -0.318. The number of nitrogens with one attached hydrogen (secondary N) is 9. The summed E-state index contributed by atoms with van der Waals surface area (Å²) in [5.74, 6) is -12.0. The predicted molar refractivity (Wildman–Crippen MR) is 320 cm³/mol. The topological polar surface area (TPSA) is 446 Å². The standard InChI is InChI=1S/C55H73IN10O17S2/c1-27(67)43-53(79)64-40(52(78)66-44(28(2)68)54(80)81)25-85-84-24-39(63-48(74)36(19-29-10-4-3-5-11-29)59-26-55(82)46(72)45(71)42(70)23-83-55)51(77)61-37(20-30-15-16-41(69)33(56)18-30)49(75)62-38(21-31-22-58-34-13-7-6-12-32(31)34)50(76)60-35(47(73)65-43)14-8-9-17-57/h3-7,10-13,15-16,18,22,27-28,35-40,42-46,58-59,67-72,82H,8-9,14,17,19-21,23-26,57H2,1-2H3,(H,60,76)(H,61,77)(H,62,75)(H,63,74)(H,64,79)(H,65,73)(H,66,78)(H,80,81)/t27?,28?,35-,36?,37-,38+,39?,40-,42?,43-,44-,45+,46?,55?/m0/s1. The zero-order valence-corrected chi connectivity index (χ0v) is 50.1. The molecule has 7 unspecified atom stereocenters. The number of nitrogens with two attached hydrogens (primary N) is 1. The Labute approximate surface area is 510 Å². The van der Waals surface area contributed by atoms with Crippen molar-refractivity contribution >= 4 is 102 Å². The summed E-state index contributed by atoms with van der Waals surface area (Å²) in [6.45, 7) is 1.18. The summed E-state index contributed by atoms with van der Waals surface area (Å²) >= 11 is 1.88. The fourth-order valence-electron chi connectivity index (χ4n) is 9.29. The van der Waals surface area contributed by atoms with E-state index in [1.165, 1.54) is 19.1 Å². The number of phenols is 1. The quantitative estimate of drug-likeness (QED) is 0.0239. The molecule has 2 fully saturated rings. The number of amides is 7. The number of carboxylic acids is 1. The third-order valence-corrected chi connectivity index (χ3v) is 17.5. The molecule has 3 aromatic carbocycles. The maximum atomic E-state index is 15.1. The molecule has 2 aliphatic rings. The number of aliphatic hydroxyl groups excluding tert-OH is 5. The van der Waals surface area contributed by atoms with Crippen LogP contribution in [-0.4, -0.2) is 209 Å². The lowest BCUT2D eigenvalue weighted by Gasteiger charge is -2.42. The van der Waals surface area contributed by atoms with Crippen LogP contribution < -0.4 is 48.3 Å². The van der Waals surface area contributed by atoms with Crippen LogP contribution in [0, 0.1) is 3.57 Å². The van der Waals surface area contributed by atoms with E-state index in [1.807, 2.05) is 22.6 Å². The molecular formula is C55H73IN10O17S2. The number of carboxylic acid groups (broad SMARTS) is 1. The molecule has 464 valence electrons. The number of ether oxygens (including phenoxy) is 1. The van der Waals surface area contributed by atoms with Crippen LogP contribution in [0.1, 0.15) is 49.8 Å². The van der Waals surface area contributed by atoms with Gasteiger partial charge in [0.25, 0.3) is 0 Å². The number of H-pyrrole nitrogens is 1. The summed E-state index contributed by atoms with van der Waals surface area (Å²) in [6.07, 6.45) is -7.12. The normalized spacial score (nSPS) is 26.5. The van der Waals surface area contributed by atoms with Gasteiger partial charge in [0.2, 0.25) is 47.1 Å². The Morgan fingerprint density at radius 2 is 1.45 bits per heavy atom. The van der Waals surface area contributed by atoms with Crippen molar-refractivity contribution in [3.8, 4) is 5.75 Å². The molecule has 4 aromatic rings. The summed E-state index contributed by atoms with van der Waals surface area (Å²) in [4.78, 5) is 118. The zero-order valence-electron chi connectivity index (χ0n) is 46.3. The minimum Gasteiger partial charge on any atom is -0.507 e. The van der Waals surface area contributed by atoms with Gasteiger partial charge < -0.3 is 98.8 Å². The number of halogens is 1. The SMILES string of the molecule is CC(O)[C@H](NC(=O)[C@@H]1CSSCC(NC(=O)C(Cc2ccccc2)NCC2(O)OCC(O)[C@@H](O)C2O)C(=O)N[C@@H](Cc2ccc(O)c(I)c2)C(=O)N[C@H](Cc2c[nH]c3ccccc23)C(=O)N[C@@H](CCCCN)C(=O)N[C@@H](C(C)O)C(=O)N1)C(=O)O. The highest BCUT2D eigenvalue weighted by Gasteiger charge is 2.49. The molecule has 7 amide bonds. The number of carbonyl (C=O) groups is 8. The van der Waals surface area contributed by atoms with Gasteiger partial charge in [-0.05, 0) is 104 Å². The molecule has 0 radical (unpaired) electrons. The minimum absolute atomic E-state index is 0.0671. The summed E-state index contributed by atoms with van der Waals surface area (Å²) < 4.78 is 5.72. The molecule has 2 saturated heterocycles. The lowest BCUT2D eigenvalue weighted by atomic mass is 9.96. The number of aromatic amines is 1. The van der Waals surface area contributed by atoms with Crippen molar-refractivity contribution in [1.82, 2.24) is 47.5 Å². The number of fused-ring (bicyclic) bond motifs is 1. The second-order valence-corrected chi connectivity index (χ2v) is 24.5. The summed E-state index contributed by atoms with van der Waals surface area (Å²) in [7, 11) is 1.70. The van der Waals surface area contributed by atoms with E-state index < -0.39 is 157 Å². The number of phenolic OH excluding ortho intramolecular Hbond substituents is 1. The monoisotopic (exact) mass is 1340 g/mol. The van der Waals surface area contributed by atoms with E-state index in [0.717, 1.165) is 28.5 Å². The van der Waals surface area contributed by atoms with Crippen LogP contribution in [-0.2, 0) is 62.4 Å².